The summed E-state index contributed by atoms with van der Waals surface area (Å²) in [6.07, 6.45) is -1.22. The fourth-order valence-electron chi connectivity index (χ4n) is 10.4. The van der Waals surface area contributed by atoms with Gasteiger partial charge in [0.2, 0.25) is 5.91 Å². The third kappa shape index (κ3) is 19.4. The number of hydrogen-bond donors (Lipinski definition) is 7. The van der Waals surface area contributed by atoms with Gasteiger partial charge in [-0.15, -0.1) is 0 Å². The predicted molar refractivity (Wildman–Crippen MR) is 346 cm³/mol. The predicted octanol–water partition coefficient (Wildman–Crippen LogP) is 8.31. The molecule has 1 aromatic heterocycles. The highest BCUT2D eigenvalue weighted by Gasteiger charge is 2.40. The van der Waals surface area contributed by atoms with Gasteiger partial charge in [0.05, 0.1) is 76.0 Å². The first-order valence-corrected chi connectivity index (χ1v) is 30.1. The first kappa shape index (κ1) is 68.3. The number of allylic oxidation sites excluding steroid dienone is 1. The minimum absolute atomic E-state index is 0.0103. The number of nitrogens with two attached hydrogens (primary N) is 1. The number of H-pyrrole nitrogens is 1. The van der Waals surface area contributed by atoms with Crippen molar-refractivity contribution in [3.8, 4) is 28.7 Å². The highest BCUT2D eigenvalue weighted by Crippen LogP contribution is 2.42. The molecule has 3 heterocycles. The van der Waals surface area contributed by atoms with Crippen LogP contribution in [0.3, 0.4) is 0 Å². The molecule has 2 aliphatic heterocycles. The summed E-state index contributed by atoms with van der Waals surface area (Å²) in [7, 11) is 4.51. The van der Waals surface area contributed by atoms with Crippen molar-refractivity contribution < 1.29 is 62.5 Å². The maximum atomic E-state index is 12.9. The van der Waals surface area contributed by atoms with E-state index >= 15 is 0 Å². The van der Waals surface area contributed by atoms with E-state index in [0.717, 1.165) is 70.5 Å². The number of nitrogens with one attached hydrogen (secondary N) is 4. The number of ether oxygens (including phenoxy) is 8. The van der Waals surface area contributed by atoms with Gasteiger partial charge < -0.3 is 74.8 Å². The fraction of sp³-hybridized carbons (Fsp3) is 0.368. The number of rotatable bonds is 27. The number of aliphatic hydroxyl groups is 2. The number of aromatic nitrogens is 1. The van der Waals surface area contributed by atoms with Gasteiger partial charge in [0.25, 0.3) is 0 Å². The van der Waals surface area contributed by atoms with Crippen LogP contribution >= 0.6 is 11.6 Å². The molecule has 3 unspecified atom stereocenters. The lowest BCUT2D eigenvalue weighted by Gasteiger charge is -2.35. The molecule has 1 saturated heterocycles. The zero-order valence-corrected chi connectivity index (χ0v) is 52.5. The molecular weight excluding hydrogens is 1160 g/mol. The van der Waals surface area contributed by atoms with Crippen LogP contribution in [-0.4, -0.2) is 175 Å². The number of para-hydroxylation sites is 6. The smallest absolute Gasteiger partial charge is 0.336 e. The van der Waals surface area contributed by atoms with E-state index in [-0.39, 0.29) is 37.9 Å². The van der Waals surface area contributed by atoms with Gasteiger partial charge in [0.1, 0.15) is 37.8 Å². The summed E-state index contributed by atoms with van der Waals surface area (Å²) in [5.74, 6) is 1.61. The van der Waals surface area contributed by atoms with E-state index in [1.807, 2.05) is 117 Å². The van der Waals surface area contributed by atoms with Crippen LogP contribution in [-0.2, 0) is 28.6 Å². The Morgan fingerprint density at radius 1 is 0.674 bits per heavy atom. The van der Waals surface area contributed by atoms with Crippen molar-refractivity contribution in [3.05, 3.63) is 178 Å². The molecule has 0 aliphatic carbocycles. The number of β-amino-alcohol motifs (C(OH)–C–C–N with tert-alkyl or cyclic N) is 1. The van der Waals surface area contributed by atoms with E-state index in [1.165, 1.54) is 7.11 Å². The summed E-state index contributed by atoms with van der Waals surface area (Å²) in [5.41, 5.74) is 12.8. The molecule has 7 aromatic rings. The maximum absolute atomic E-state index is 12.9. The Kier molecular flexibility index (Phi) is 27.0. The maximum Gasteiger partial charge on any atom is 0.336 e. The molecule has 20 nitrogen and oxygen atoms in total. The average molecular weight is 1240 g/mol. The number of hydrogen-bond acceptors (Lipinski definition) is 18. The summed E-state index contributed by atoms with van der Waals surface area (Å²) >= 11 is 6.42. The van der Waals surface area contributed by atoms with Crippen LogP contribution < -0.4 is 45.4 Å². The Bertz CT molecular complexity index is 3470. The molecule has 0 radical (unpaired) electrons. The van der Waals surface area contributed by atoms with Crippen LogP contribution in [0.4, 0.5) is 5.69 Å². The largest absolute Gasteiger partial charge is 0.493 e. The monoisotopic (exact) mass is 1240 g/mol. The third-order valence-electron chi connectivity index (χ3n) is 14.7. The minimum Gasteiger partial charge on any atom is -0.493 e. The first-order valence-electron chi connectivity index (χ1n) is 29.7. The summed E-state index contributed by atoms with van der Waals surface area (Å²) in [4.78, 5) is 45.7. The zero-order chi connectivity index (χ0) is 63.7. The Morgan fingerprint density at radius 3 is 1.92 bits per heavy atom. The molecule has 476 valence electrons. The summed E-state index contributed by atoms with van der Waals surface area (Å²) in [6.45, 7) is 14.4. The second-order valence-corrected chi connectivity index (χ2v) is 21.5. The van der Waals surface area contributed by atoms with E-state index in [9.17, 15) is 24.6 Å². The number of esters is 2. The lowest BCUT2D eigenvalue weighted by molar-refractivity contribution is -0.139. The number of fused-ring (bicyclic) bond motifs is 3. The number of aromatic amines is 1. The Morgan fingerprint density at radius 2 is 1.26 bits per heavy atom. The van der Waals surface area contributed by atoms with E-state index in [2.05, 4.69) is 36.8 Å². The Balaban J connectivity index is 0.000000190. The van der Waals surface area contributed by atoms with Crippen LogP contribution in [0.15, 0.2) is 156 Å². The standard InChI is InChI=1S/C24H33N3O4.C24H26N2O4.C20H25ClN2O5/c1-18-7-6-8-19(2)24(18)25-23(29)16-27-13-11-26(12-14-27)15-20(28)17-31-22-10-5-4-9-21(22)30-3;1-28-21-10-4-5-11-22(21)29-14-13-25-15-17(27)16-30-23-12-6-9-20-24(23)18-7-2-3-8-19(18)26-20;1-4-28-20(25)18-15(11-27-10-9-22)23-12(2)16(19(24)26-3)17(18)13-7-5-6-8-14(13)21/h4-10,20,28H,11-17H2,1-3H3,(H,25,29);2-12,17,25-27H,13-16H2,1H3;5-8,17,23H,4,9-11,22H2,1-3H3. The topological polar surface area (TPSA) is 250 Å². The van der Waals surface area contributed by atoms with Crippen molar-refractivity contribution in [3.63, 3.8) is 0 Å². The van der Waals surface area contributed by atoms with Crippen LogP contribution in [0.1, 0.15) is 36.5 Å². The summed E-state index contributed by atoms with van der Waals surface area (Å²) < 4.78 is 43.7. The number of halogens is 1. The van der Waals surface area contributed by atoms with Crippen LogP contribution in [0.25, 0.3) is 21.8 Å². The van der Waals surface area contributed by atoms with Crippen molar-refractivity contribution in [2.24, 2.45) is 5.73 Å². The molecule has 21 heteroatoms. The van der Waals surface area contributed by atoms with Crippen LogP contribution in [0.5, 0.6) is 28.7 Å². The number of methoxy groups -OCH3 is 3. The number of anilines is 1. The quantitative estimate of drug-likeness (QED) is 0.0189. The van der Waals surface area contributed by atoms with E-state index in [4.69, 9.17) is 55.2 Å². The first-order chi connectivity index (χ1) is 43.2. The normalized spacial score (nSPS) is 14.9. The molecule has 0 saturated carbocycles. The molecule has 8 N–H and O–H groups in total. The van der Waals surface area contributed by atoms with Crippen molar-refractivity contribution in [1.29, 1.82) is 0 Å². The van der Waals surface area contributed by atoms with Crippen molar-refractivity contribution in [2.75, 3.05) is 125 Å². The molecule has 2 aliphatic rings. The van der Waals surface area contributed by atoms with Gasteiger partial charge in [-0.1, -0.05) is 96.5 Å². The molecular formula is C68H84ClN7O13. The Labute approximate surface area is 525 Å². The average Bonchev–Trinajstić information content (AvgIpc) is 1.83. The van der Waals surface area contributed by atoms with Gasteiger partial charge in [-0.2, -0.15) is 0 Å². The number of carbonyl (C=O) groups excluding carboxylic acids is 3. The fourth-order valence-corrected chi connectivity index (χ4v) is 10.6. The minimum atomic E-state index is -0.752. The SMILES string of the molecule is CCOC(=O)C1=C(COCCN)NC(C)=C(C(=O)OC)C1c1ccccc1Cl.COc1ccccc1OCC(O)CN1CCN(CC(=O)Nc2c(C)cccc2C)CC1.COc1ccccc1OCCNCC(O)COc1cccc2[nH]c3ccccc3c12. The highest BCUT2D eigenvalue weighted by molar-refractivity contribution is 6.31. The molecule has 0 spiro atoms. The lowest BCUT2D eigenvalue weighted by Crippen LogP contribution is -2.50. The molecule has 3 atom stereocenters. The summed E-state index contributed by atoms with van der Waals surface area (Å²) in [6, 6.07) is 42.0. The van der Waals surface area contributed by atoms with Gasteiger partial charge >= 0.3 is 11.9 Å². The molecule has 0 bridgehead atoms. The molecule has 6 aromatic carbocycles. The second-order valence-electron chi connectivity index (χ2n) is 21.1. The van der Waals surface area contributed by atoms with Gasteiger partial charge in [0.15, 0.2) is 23.0 Å². The number of aliphatic hydroxyl groups excluding tert-OH is 2. The second kappa shape index (κ2) is 35.1. The number of piperazine rings is 1. The van der Waals surface area contributed by atoms with Crippen LogP contribution in [0, 0.1) is 13.8 Å². The lowest BCUT2D eigenvalue weighted by atomic mass is 9.80. The van der Waals surface area contributed by atoms with Gasteiger partial charge in [-0.3, -0.25) is 14.6 Å². The number of aryl methyl sites for hydroxylation is 2. The van der Waals surface area contributed by atoms with E-state index in [1.54, 1.807) is 52.3 Å². The highest BCUT2D eigenvalue weighted by atomic mass is 35.5. The number of dihydropyridines is 1. The van der Waals surface area contributed by atoms with Crippen molar-refractivity contribution in [1.82, 2.24) is 25.4 Å². The Hall–Kier alpha value is -8.18. The van der Waals surface area contributed by atoms with Crippen LogP contribution in [0.2, 0.25) is 5.02 Å². The molecule has 1 amide bonds. The number of benzene rings is 6. The molecule has 1 fully saturated rings. The number of amides is 1. The van der Waals surface area contributed by atoms with Crippen molar-refractivity contribution in [2.45, 2.75) is 45.8 Å². The van der Waals surface area contributed by atoms with E-state index in [0.29, 0.717) is 96.5 Å². The molecule has 89 heavy (non-hydrogen) atoms. The van der Waals surface area contributed by atoms with Crippen molar-refractivity contribution >= 4 is 56.9 Å². The van der Waals surface area contributed by atoms with Gasteiger partial charge in [-0.05, 0) is 92.9 Å². The number of carbonyl (C=O) groups is 3. The number of nitrogens with zero attached hydrogens (tertiary/aromatic N) is 2. The summed E-state index contributed by atoms with van der Waals surface area (Å²) in [5, 5.41) is 32.6. The third-order valence-corrected chi connectivity index (χ3v) is 15.1. The zero-order valence-electron chi connectivity index (χ0n) is 51.8. The van der Waals surface area contributed by atoms with Gasteiger partial charge in [0, 0.05) is 85.1 Å². The molecule has 9 rings (SSSR count). The van der Waals surface area contributed by atoms with E-state index < -0.39 is 30.1 Å². The van der Waals surface area contributed by atoms with Gasteiger partial charge in [-0.25, -0.2) is 9.59 Å².